The van der Waals surface area contributed by atoms with Crippen molar-refractivity contribution in [3.05, 3.63) is 96.8 Å². The first-order valence-corrected chi connectivity index (χ1v) is 9.87. The van der Waals surface area contributed by atoms with Gasteiger partial charge in [-0.05, 0) is 45.1 Å². The molecule has 3 nitrogen and oxygen atoms in total. The van der Waals surface area contributed by atoms with Crippen molar-refractivity contribution in [2.24, 2.45) is 0 Å². The number of hydrogen-bond acceptors (Lipinski definition) is 2. The second-order valence-corrected chi connectivity index (χ2v) is 7.56. The molecule has 0 saturated carbocycles. The third-order valence-electron chi connectivity index (χ3n) is 5.98. The molecule has 1 fully saturated rings. The smallest absolute Gasteiger partial charge is 0.230 e. The predicted molar refractivity (Wildman–Crippen MR) is 118 cm³/mol. The van der Waals surface area contributed by atoms with Crippen molar-refractivity contribution < 1.29 is 4.79 Å². The topological polar surface area (TPSA) is 33.2 Å². The quantitative estimate of drug-likeness (QED) is 0.280. The zero-order chi connectivity index (χ0) is 19.4. The lowest BCUT2D eigenvalue weighted by Crippen LogP contribution is -2.47. The summed E-state index contributed by atoms with van der Waals surface area (Å²) in [6.07, 6.45) is 2.29. The van der Waals surface area contributed by atoms with Gasteiger partial charge in [-0.1, -0.05) is 66.7 Å². The zero-order valence-electron chi connectivity index (χ0n) is 15.7. The van der Waals surface area contributed by atoms with Gasteiger partial charge in [0.05, 0.1) is 23.8 Å². The van der Waals surface area contributed by atoms with Crippen LogP contribution < -0.4 is 4.90 Å². The SMILES string of the molecule is O=C1CC(c2ccccn2)N1c1cc2c3ccccc3ccc2c2ccccc12. The van der Waals surface area contributed by atoms with Crippen LogP contribution in [0.1, 0.15) is 18.2 Å². The number of anilines is 1. The number of aromatic nitrogens is 1. The van der Waals surface area contributed by atoms with Gasteiger partial charge in [0.2, 0.25) is 5.91 Å². The van der Waals surface area contributed by atoms with Crippen molar-refractivity contribution in [1.82, 2.24) is 4.98 Å². The molecule has 3 heteroatoms. The summed E-state index contributed by atoms with van der Waals surface area (Å²) >= 11 is 0. The largest absolute Gasteiger partial charge is 0.302 e. The van der Waals surface area contributed by atoms with Gasteiger partial charge in [0.15, 0.2) is 0 Å². The number of carbonyl (C=O) groups is 1. The van der Waals surface area contributed by atoms with Gasteiger partial charge in [0.1, 0.15) is 0 Å². The van der Waals surface area contributed by atoms with Gasteiger partial charge in [-0.3, -0.25) is 9.78 Å². The van der Waals surface area contributed by atoms with Gasteiger partial charge in [0.25, 0.3) is 0 Å². The molecule has 1 saturated heterocycles. The molecule has 0 aliphatic carbocycles. The Morgan fingerprint density at radius 3 is 2.24 bits per heavy atom. The number of nitrogens with zero attached hydrogens (tertiary/aromatic N) is 2. The highest BCUT2D eigenvalue weighted by atomic mass is 16.2. The highest BCUT2D eigenvalue weighted by Crippen LogP contribution is 2.44. The van der Waals surface area contributed by atoms with Gasteiger partial charge in [-0.25, -0.2) is 0 Å². The minimum atomic E-state index is -0.0143. The molecule has 138 valence electrons. The lowest BCUT2D eigenvalue weighted by Gasteiger charge is -2.40. The summed E-state index contributed by atoms with van der Waals surface area (Å²) in [5, 5.41) is 7.08. The van der Waals surface area contributed by atoms with Crippen molar-refractivity contribution in [1.29, 1.82) is 0 Å². The minimum absolute atomic E-state index is 0.0143. The van der Waals surface area contributed by atoms with E-state index < -0.39 is 0 Å². The molecule has 0 N–H and O–H groups in total. The maximum atomic E-state index is 12.8. The molecular formula is C26H18N2O. The predicted octanol–water partition coefficient (Wildman–Crippen LogP) is 6.02. The van der Waals surface area contributed by atoms with Crippen LogP contribution in [0.5, 0.6) is 0 Å². The average Bonchev–Trinajstić information content (AvgIpc) is 2.78. The summed E-state index contributed by atoms with van der Waals surface area (Å²) in [7, 11) is 0. The van der Waals surface area contributed by atoms with Gasteiger partial charge >= 0.3 is 0 Å². The van der Waals surface area contributed by atoms with Crippen LogP contribution in [0.2, 0.25) is 0 Å². The van der Waals surface area contributed by atoms with Crippen molar-refractivity contribution >= 4 is 43.9 Å². The fraction of sp³-hybridized carbons (Fsp3) is 0.0769. The van der Waals surface area contributed by atoms with E-state index in [1.165, 1.54) is 26.9 Å². The Bertz CT molecular complexity index is 1410. The molecule has 0 radical (unpaired) electrons. The number of carbonyl (C=O) groups excluding carboxylic acids is 1. The number of rotatable bonds is 2. The molecule has 0 spiro atoms. The first-order chi connectivity index (χ1) is 14.3. The Morgan fingerprint density at radius 2 is 1.45 bits per heavy atom. The number of benzene rings is 4. The second-order valence-electron chi connectivity index (χ2n) is 7.56. The third-order valence-corrected chi connectivity index (χ3v) is 5.98. The van der Waals surface area contributed by atoms with Gasteiger partial charge < -0.3 is 4.90 Å². The van der Waals surface area contributed by atoms with Crippen molar-refractivity contribution in [3.8, 4) is 0 Å². The number of fused-ring (bicyclic) bond motifs is 5. The lowest BCUT2D eigenvalue weighted by molar-refractivity contribution is -0.124. The molecule has 2 heterocycles. The summed E-state index contributed by atoms with van der Waals surface area (Å²) in [6.45, 7) is 0. The number of β-lactam (4-membered cyclic amide) rings is 1. The van der Waals surface area contributed by atoms with Crippen LogP contribution >= 0.6 is 0 Å². The second kappa shape index (κ2) is 6.14. The summed E-state index contributed by atoms with van der Waals surface area (Å²) in [6, 6.07) is 29.2. The Kier molecular flexibility index (Phi) is 3.44. The highest BCUT2D eigenvalue weighted by molar-refractivity contribution is 6.22. The number of amides is 1. The summed E-state index contributed by atoms with van der Waals surface area (Å²) in [5.41, 5.74) is 1.91. The van der Waals surface area contributed by atoms with E-state index in [2.05, 4.69) is 65.6 Å². The Hall–Kier alpha value is -3.72. The molecule has 1 atom stereocenters. The molecule has 1 aliphatic rings. The van der Waals surface area contributed by atoms with E-state index in [-0.39, 0.29) is 11.9 Å². The fourth-order valence-electron chi connectivity index (χ4n) is 4.57. The molecular weight excluding hydrogens is 356 g/mol. The molecule has 6 rings (SSSR count). The Labute approximate surface area is 168 Å². The van der Waals surface area contributed by atoms with E-state index >= 15 is 0 Å². The molecule has 1 aliphatic heterocycles. The van der Waals surface area contributed by atoms with Crippen molar-refractivity contribution in [3.63, 3.8) is 0 Å². The first-order valence-electron chi connectivity index (χ1n) is 9.87. The van der Waals surface area contributed by atoms with E-state index in [1.54, 1.807) is 6.20 Å². The van der Waals surface area contributed by atoms with Crippen LogP contribution in [-0.2, 0) is 4.79 Å². The van der Waals surface area contributed by atoms with Crippen molar-refractivity contribution in [2.75, 3.05) is 4.90 Å². The standard InChI is InChI=1S/C26H18N2O/c29-26-16-25(23-11-5-6-14-27-23)28(26)24-15-22-18-8-2-1-7-17(18)12-13-20(22)19-9-3-4-10-21(19)24/h1-15,25H,16H2. The van der Waals surface area contributed by atoms with E-state index in [9.17, 15) is 4.79 Å². The van der Waals surface area contributed by atoms with Crippen LogP contribution in [-0.4, -0.2) is 10.9 Å². The van der Waals surface area contributed by atoms with Gasteiger partial charge in [-0.2, -0.15) is 0 Å². The van der Waals surface area contributed by atoms with Crippen LogP contribution in [0, 0.1) is 0 Å². The van der Waals surface area contributed by atoms with Crippen LogP contribution in [0.4, 0.5) is 5.69 Å². The molecule has 29 heavy (non-hydrogen) atoms. The van der Waals surface area contributed by atoms with E-state index in [0.29, 0.717) is 6.42 Å². The maximum absolute atomic E-state index is 12.8. The summed E-state index contributed by atoms with van der Waals surface area (Å²) in [5.74, 6) is 0.144. The summed E-state index contributed by atoms with van der Waals surface area (Å²) in [4.78, 5) is 19.2. The molecule has 5 aromatic rings. The van der Waals surface area contributed by atoms with Gasteiger partial charge in [-0.15, -0.1) is 0 Å². The van der Waals surface area contributed by atoms with Crippen LogP contribution in [0.15, 0.2) is 91.1 Å². The Balaban J connectivity index is 1.67. The normalized spacial score (nSPS) is 16.5. The minimum Gasteiger partial charge on any atom is -0.302 e. The third kappa shape index (κ3) is 2.37. The van der Waals surface area contributed by atoms with Crippen LogP contribution in [0.25, 0.3) is 32.3 Å². The van der Waals surface area contributed by atoms with E-state index in [1.807, 2.05) is 29.2 Å². The van der Waals surface area contributed by atoms with Gasteiger partial charge in [0, 0.05) is 11.6 Å². The highest BCUT2D eigenvalue weighted by Gasteiger charge is 2.40. The molecule has 1 unspecified atom stereocenters. The lowest BCUT2D eigenvalue weighted by atomic mass is 9.91. The number of pyridine rings is 1. The molecule has 0 bridgehead atoms. The monoisotopic (exact) mass is 374 g/mol. The number of hydrogen-bond donors (Lipinski definition) is 0. The van der Waals surface area contributed by atoms with E-state index in [0.717, 1.165) is 16.8 Å². The maximum Gasteiger partial charge on any atom is 0.230 e. The summed E-state index contributed by atoms with van der Waals surface area (Å²) < 4.78 is 0. The molecule has 1 aromatic heterocycles. The zero-order valence-corrected chi connectivity index (χ0v) is 15.7. The molecule has 1 amide bonds. The fourth-order valence-corrected chi connectivity index (χ4v) is 4.57. The van der Waals surface area contributed by atoms with E-state index in [4.69, 9.17) is 0 Å². The molecule has 4 aromatic carbocycles. The first kappa shape index (κ1) is 16.3. The van der Waals surface area contributed by atoms with Crippen molar-refractivity contribution in [2.45, 2.75) is 12.5 Å². The Morgan fingerprint density at radius 1 is 0.724 bits per heavy atom. The average molecular weight is 374 g/mol. The van der Waals surface area contributed by atoms with Crippen LogP contribution in [0.3, 0.4) is 0 Å².